The Labute approximate surface area is 103 Å². The van der Waals surface area contributed by atoms with Gasteiger partial charge in [0.25, 0.3) is 0 Å². The lowest BCUT2D eigenvalue weighted by molar-refractivity contribution is 0.244. The van der Waals surface area contributed by atoms with Crippen molar-refractivity contribution in [1.82, 2.24) is 4.90 Å². The molecule has 1 saturated heterocycles. The molecule has 2 aliphatic heterocycles. The molecule has 1 aromatic rings. The van der Waals surface area contributed by atoms with Crippen LogP contribution in [0.3, 0.4) is 0 Å². The van der Waals surface area contributed by atoms with Crippen LogP contribution in [-0.4, -0.2) is 37.7 Å². The van der Waals surface area contributed by atoms with Crippen LogP contribution >= 0.6 is 0 Å². The number of fused-ring (bicyclic) bond motifs is 1. The highest BCUT2D eigenvalue weighted by Gasteiger charge is 2.31. The molecule has 0 aliphatic carbocycles. The number of hydrogen-bond acceptors (Lipinski definition) is 3. The number of nitrogens with zero attached hydrogens (tertiary/aromatic N) is 1. The summed E-state index contributed by atoms with van der Waals surface area (Å²) < 4.78 is 5.86. The lowest BCUT2D eigenvalue weighted by Gasteiger charge is -2.31. The van der Waals surface area contributed by atoms with E-state index in [9.17, 15) is 0 Å². The molecule has 0 amide bonds. The molecule has 0 aromatic heterocycles. The minimum atomic E-state index is 0.467. The summed E-state index contributed by atoms with van der Waals surface area (Å²) in [6.45, 7) is 5.31. The molecule has 3 heteroatoms. The SMILES string of the molecule is Cc1ccc2c(c1)NC(C1CCN(C)C1)CO2. The molecule has 3 rings (SSSR count). The van der Waals surface area contributed by atoms with Gasteiger partial charge >= 0.3 is 0 Å². The van der Waals surface area contributed by atoms with E-state index in [2.05, 4.69) is 42.4 Å². The fourth-order valence-electron chi connectivity index (χ4n) is 2.85. The predicted molar refractivity (Wildman–Crippen MR) is 69.7 cm³/mol. The highest BCUT2D eigenvalue weighted by molar-refractivity contribution is 5.60. The van der Waals surface area contributed by atoms with Gasteiger partial charge in [-0.05, 0) is 50.6 Å². The molecule has 2 atom stereocenters. The number of ether oxygens (including phenoxy) is 1. The number of anilines is 1. The van der Waals surface area contributed by atoms with Gasteiger partial charge < -0.3 is 15.0 Å². The number of rotatable bonds is 1. The smallest absolute Gasteiger partial charge is 0.142 e. The van der Waals surface area contributed by atoms with Gasteiger partial charge in [-0.1, -0.05) is 6.07 Å². The molecule has 2 unspecified atom stereocenters. The number of nitrogens with one attached hydrogen (secondary N) is 1. The zero-order chi connectivity index (χ0) is 11.8. The van der Waals surface area contributed by atoms with Gasteiger partial charge in [0.1, 0.15) is 12.4 Å². The minimum Gasteiger partial charge on any atom is -0.489 e. The fraction of sp³-hybridized carbons (Fsp3) is 0.571. The van der Waals surface area contributed by atoms with Crippen LogP contribution in [0, 0.1) is 12.8 Å². The van der Waals surface area contributed by atoms with E-state index in [-0.39, 0.29) is 0 Å². The fourth-order valence-corrected chi connectivity index (χ4v) is 2.85. The molecule has 0 bridgehead atoms. The third-order valence-electron chi connectivity index (χ3n) is 3.89. The summed E-state index contributed by atoms with van der Waals surface area (Å²) in [4.78, 5) is 2.40. The summed E-state index contributed by atoms with van der Waals surface area (Å²) in [5, 5.41) is 3.65. The van der Waals surface area contributed by atoms with E-state index in [1.54, 1.807) is 0 Å². The molecule has 2 heterocycles. The summed E-state index contributed by atoms with van der Waals surface area (Å²) in [6.07, 6.45) is 1.28. The normalized spacial score (nSPS) is 28.4. The first-order chi connectivity index (χ1) is 8.22. The van der Waals surface area contributed by atoms with E-state index in [4.69, 9.17) is 4.74 Å². The van der Waals surface area contributed by atoms with Crippen LogP contribution in [0.1, 0.15) is 12.0 Å². The number of hydrogen-bond donors (Lipinski definition) is 1. The predicted octanol–water partition coefficient (Wildman–Crippen LogP) is 2.12. The molecule has 1 N–H and O–H groups in total. The van der Waals surface area contributed by atoms with E-state index in [1.807, 2.05) is 0 Å². The second kappa shape index (κ2) is 4.22. The summed E-state index contributed by atoms with van der Waals surface area (Å²) in [7, 11) is 2.20. The van der Waals surface area contributed by atoms with Crippen molar-refractivity contribution >= 4 is 5.69 Å². The maximum Gasteiger partial charge on any atom is 0.142 e. The number of benzene rings is 1. The summed E-state index contributed by atoms with van der Waals surface area (Å²) in [6, 6.07) is 6.81. The largest absolute Gasteiger partial charge is 0.489 e. The topological polar surface area (TPSA) is 24.5 Å². The quantitative estimate of drug-likeness (QED) is 0.802. The third-order valence-corrected chi connectivity index (χ3v) is 3.89. The van der Waals surface area contributed by atoms with Crippen molar-refractivity contribution in [1.29, 1.82) is 0 Å². The molecular weight excluding hydrogens is 212 g/mol. The van der Waals surface area contributed by atoms with Gasteiger partial charge in [0.2, 0.25) is 0 Å². The van der Waals surface area contributed by atoms with Crippen molar-refractivity contribution in [2.45, 2.75) is 19.4 Å². The Bertz CT molecular complexity index is 419. The average molecular weight is 232 g/mol. The second-order valence-electron chi connectivity index (χ2n) is 5.37. The van der Waals surface area contributed by atoms with Crippen LogP contribution in [-0.2, 0) is 0 Å². The van der Waals surface area contributed by atoms with Gasteiger partial charge in [0.05, 0.1) is 11.7 Å². The lowest BCUT2D eigenvalue weighted by Crippen LogP contribution is -2.39. The third kappa shape index (κ3) is 2.12. The molecule has 1 aromatic carbocycles. The van der Waals surface area contributed by atoms with E-state index in [0.717, 1.165) is 18.0 Å². The zero-order valence-electron chi connectivity index (χ0n) is 10.6. The molecular formula is C14H20N2O. The molecule has 17 heavy (non-hydrogen) atoms. The van der Waals surface area contributed by atoms with Crippen molar-refractivity contribution in [2.24, 2.45) is 5.92 Å². The van der Waals surface area contributed by atoms with E-state index >= 15 is 0 Å². The number of likely N-dealkylation sites (tertiary alicyclic amines) is 1. The summed E-state index contributed by atoms with van der Waals surface area (Å²) in [5.74, 6) is 1.71. The Morgan fingerprint density at radius 3 is 3.06 bits per heavy atom. The van der Waals surface area contributed by atoms with Crippen LogP contribution in [0.25, 0.3) is 0 Å². The Balaban J connectivity index is 1.76. The maximum absolute atomic E-state index is 5.86. The van der Waals surface area contributed by atoms with Crippen molar-refractivity contribution in [3.8, 4) is 5.75 Å². The van der Waals surface area contributed by atoms with Crippen LogP contribution < -0.4 is 10.1 Å². The van der Waals surface area contributed by atoms with Crippen molar-refractivity contribution in [3.63, 3.8) is 0 Å². The van der Waals surface area contributed by atoms with Gasteiger partial charge in [-0.3, -0.25) is 0 Å². The summed E-state index contributed by atoms with van der Waals surface area (Å²) in [5.41, 5.74) is 2.44. The van der Waals surface area contributed by atoms with Gasteiger partial charge in [0.15, 0.2) is 0 Å². The van der Waals surface area contributed by atoms with Crippen molar-refractivity contribution in [2.75, 3.05) is 32.1 Å². The molecule has 1 fully saturated rings. The van der Waals surface area contributed by atoms with Gasteiger partial charge in [-0.2, -0.15) is 0 Å². The lowest BCUT2D eigenvalue weighted by atomic mass is 9.98. The van der Waals surface area contributed by atoms with E-state index in [0.29, 0.717) is 12.0 Å². The summed E-state index contributed by atoms with van der Waals surface area (Å²) >= 11 is 0. The van der Waals surface area contributed by atoms with E-state index < -0.39 is 0 Å². The van der Waals surface area contributed by atoms with Crippen LogP contribution in [0.5, 0.6) is 5.75 Å². The first-order valence-corrected chi connectivity index (χ1v) is 6.41. The Morgan fingerprint density at radius 1 is 1.41 bits per heavy atom. The molecule has 2 aliphatic rings. The Morgan fingerprint density at radius 2 is 2.29 bits per heavy atom. The highest BCUT2D eigenvalue weighted by Crippen LogP contribution is 2.33. The zero-order valence-corrected chi connectivity index (χ0v) is 10.6. The molecule has 0 saturated carbocycles. The first-order valence-electron chi connectivity index (χ1n) is 6.41. The second-order valence-corrected chi connectivity index (χ2v) is 5.37. The standard InChI is InChI=1S/C14H20N2O/c1-10-3-4-14-12(7-10)15-13(9-17-14)11-5-6-16(2)8-11/h3-4,7,11,13,15H,5-6,8-9H2,1-2H3. The van der Waals surface area contributed by atoms with Crippen LogP contribution in [0.2, 0.25) is 0 Å². The van der Waals surface area contributed by atoms with Gasteiger partial charge in [-0.25, -0.2) is 0 Å². The molecule has 0 spiro atoms. The Kier molecular flexibility index (Phi) is 2.71. The molecule has 92 valence electrons. The average Bonchev–Trinajstić information content (AvgIpc) is 2.75. The maximum atomic E-state index is 5.86. The monoisotopic (exact) mass is 232 g/mol. The van der Waals surface area contributed by atoms with Gasteiger partial charge in [-0.15, -0.1) is 0 Å². The Hall–Kier alpha value is -1.22. The highest BCUT2D eigenvalue weighted by atomic mass is 16.5. The van der Waals surface area contributed by atoms with Gasteiger partial charge in [0, 0.05) is 6.54 Å². The first kappa shape index (κ1) is 10.9. The van der Waals surface area contributed by atoms with Crippen LogP contribution in [0.4, 0.5) is 5.69 Å². The molecule has 0 radical (unpaired) electrons. The molecule has 3 nitrogen and oxygen atoms in total. The minimum absolute atomic E-state index is 0.467. The van der Waals surface area contributed by atoms with Crippen molar-refractivity contribution in [3.05, 3.63) is 23.8 Å². The van der Waals surface area contributed by atoms with Crippen LogP contribution in [0.15, 0.2) is 18.2 Å². The van der Waals surface area contributed by atoms with Crippen molar-refractivity contribution < 1.29 is 4.74 Å². The van der Waals surface area contributed by atoms with E-state index in [1.165, 1.54) is 25.1 Å². The number of aryl methyl sites for hydroxylation is 1.